The van der Waals surface area contributed by atoms with E-state index in [4.69, 9.17) is 4.74 Å². The summed E-state index contributed by atoms with van der Waals surface area (Å²) >= 11 is 0. The third kappa shape index (κ3) is 4.27. The molecule has 0 bridgehead atoms. The molecule has 0 heterocycles. The minimum atomic E-state index is -0.137. The smallest absolute Gasteiger partial charge is 0.153 e. The molecule has 0 unspecified atom stereocenters. The average molecular weight is 354 g/mol. The van der Waals surface area contributed by atoms with Crippen molar-refractivity contribution < 1.29 is 14.6 Å². The molecule has 0 spiro atoms. The fourth-order valence-electron chi connectivity index (χ4n) is 3.37. The highest BCUT2D eigenvalue weighted by Gasteiger charge is 2.23. The highest BCUT2D eigenvalue weighted by molar-refractivity contribution is 5.80. The fraction of sp³-hybridized carbons (Fsp3) is 0.435. The van der Waals surface area contributed by atoms with E-state index >= 15 is 0 Å². The normalized spacial score (nSPS) is 12.1. The van der Waals surface area contributed by atoms with Gasteiger partial charge < -0.3 is 9.84 Å². The van der Waals surface area contributed by atoms with Gasteiger partial charge in [-0.15, -0.1) is 0 Å². The van der Waals surface area contributed by atoms with Crippen LogP contribution < -0.4 is 4.74 Å². The Kier molecular flexibility index (Phi) is 5.50. The van der Waals surface area contributed by atoms with E-state index in [1.165, 1.54) is 11.1 Å². The maximum absolute atomic E-state index is 11.3. The van der Waals surface area contributed by atoms with Crippen molar-refractivity contribution in [2.75, 3.05) is 7.11 Å². The maximum Gasteiger partial charge on any atom is 0.153 e. The summed E-state index contributed by atoms with van der Waals surface area (Å²) in [5.74, 6) is 0.849. The molecule has 2 aromatic rings. The molecule has 0 aliphatic carbocycles. The van der Waals surface area contributed by atoms with Gasteiger partial charge in [-0.1, -0.05) is 47.6 Å². The number of carbonyl (C=O) groups excluding carboxylic acids is 1. The maximum atomic E-state index is 11.3. The van der Waals surface area contributed by atoms with Crippen LogP contribution in [0.15, 0.2) is 30.3 Å². The minimum absolute atomic E-state index is 0.00567. The third-order valence-corrected chi connectivity index (χ3v) is 4.69. The molecule has 0 fully saturated rings. The summed E-state index contributed by atoms with van der Waals surface area (Å²) < 4.78 is 5.42. The summed E-state index contributed by atoms with van der Waals surface area (Å²) in [4.78, 5) is 11.3. The van der Waals surface area contributed by atoms with Gasteiger partial charge in [-0.3, -0.25) is 4.79 Å². The van der Waals surface area contributed by atoms with Crippen molar-refractivity contribution in [1.82, 2.24) is 0 Å². The lowest BCUT2D eigenvalue weighted by Gasteiger charge is -2.27. The first-order valence-corrected chi connectivity index (χ1v) is 8.96. The van der Waals surface area contributed by atoms with Gasteiger partial charge in [0, 0.05) is 0 Å². The first kappa shape index (κ1) is 20.0. The summed E-state index contributed by atoms with van der Waals surface area (Å²) in [7, 11) is 1.67. The Balaban J connectivity index is 2.65. The number of hydrogen-bond donors (Lipinski definition) is 1. The molecule has 2 aromatic carbocycles. The summed E-state index contributed by atoms with van der Waals surface area (Å²) in [5, 5.41) is 10.2. The average Bonchev–Trinajstić information content (AvgIpc) is 2.52. The molecule has 1 N–H and O–H groups in total. The molecule has 3 heteroatoms. The number of methoxy groups -OCH3 is 1. The number of hydrogen-bond acceptors (Lipinski definition) is 3. The SMILES string of the molecule is COc1ccc(C(C)(C)C)c(Cc2cc(O)c(C=O)cc2C(C)(C)C)c1. The van der Waals surface area contributed by atoms with Crippen LogP contribution in [0.3, 0.4) is 0 Å². The van der Waals surface area contributed by atoms with Crippen molar-refractivity contribution in [2.45, 2.75) is 58.8 Å². The Morgan fingerprint density at radius 1 is 0.923 bits per heavy atom. The lowest BCUT2D eigenvalue weighted by Crippen LogP contribution is -2.18. The van der Waals surface area contributed by atoms with Gasteiger partial charge in [-0.05, 0) is 63.8 Å². The lowest BCUT2D eigenvalue weighted by molar-refractivity contribution is 0.112. The van der Waals surface area contributed by atoms with E-state index in [0.29, 0.717) is 18.3 Å². The number of phenols is 1. The Labute approximate surface area is 157 Å². The zero-order valence-electron chi connectivity index (χ0n) is 16.9. The van der Waals surface area contributed by atoms with Gasteiger partial charge in [0.25, 0.3) is 0 Å². The predicted octanol–water partition coefficient (Wildman–Crippen LogP) is 5.40. The molecule has 0 radical (unpaired) electrons. The molecule has 3 nitrogen and oxygen atoms in total. The van der Waals surface area contributed by atoms with E-state index in [9.17, 15) is 9.90 Å². The van der Waals surface area contributed by atoms with Crippen LogP contribution in [0.2, 0.25) is 0 Å². The van der Waals surface area contributed by atoms with Gasteiger partial charge in [0.1, 0.15) is 11.5 Å². The van der Waals surface area contributed by atoms with E-state index in [1.54, 1.807) is 13.2 Å². The van der Waals surface area contributed by atoms with Crippen molar-refractivity contribution >= 4 is 6.29 Å². The van der Waals surface area contributed by atoms with E-state index in [2.05, 4.69) is 53.7 Å². The monoisotopic (exact) mass is 354 g/mol. The zero-order valence-corrected chi connectivity index (χ0v) is 16.9. The van der Waals surface area contributed by atoms with Crippen molar-refractivity contribution in [3.05, 3.63) is 58.1 Å². The summed E-state index contributed by atoms with van der Waals surface area (Å²) in [5.41, 5.74) is 4.70. The van der Waals surface area contributed by atoms with E-state index in [-0.39, 0.29) is 16.6 Å². The van der Waals surface area contributed by atoms with Gasteiger partial charge in [-0.2, -0.15) is 0 Å². The molecule has 0 aromatic heterocycles. The number of rotatable bonds is 4. The molecule has 0 aliphatic rings. The molecule has 26 heavy (non-hydrogen) atoms. The Hall–Kier alpha value is -2.29. The summed E-state index contributed by atoms with van der Waals surface area (Å²) in [6.07, 6.45) is 1.38. The number of ether oxygens (including phenoxy) is 1. The molecule has 2 rings (SSSR count). The van der Waals surface area contributed by atoms with Crippen LogP contribution >= 0.6 is 0 Å². The summed E-state index contributed by atoms with van der Waals surface area (Å²) in [6, 6.07) is 9.72. The van der Waals surface area contributed by atoms with Crippen LogP contribution in [0.25, 0.3) is 0 Å². The van der Waals surface area contributed by atoms with Crippen molar-refractivity contribution in [3.8, 4) is 11.5 Å². The van der Waals surface area contributed by atoms with Crippen LogP contribution in [0.1, 0.15) is 74.2 Å². The molecule has 0 saturated carbocycles. The Bertz CT molecular complexity index is 805. The number of aldehydes is 1. The molecular formula is C23H30O3. The number of aromatic hydroxyl groups is 1. The quantitative estimate of drug-likeness (QED) is 0.748. The van der Waals surface area contributed by atoms with Crippen LogP contribution in [0, 0.1) is 0 Å². The topological polar surface area (TPSA) is 46.5 Å². The second-order valence-corrected chi connectivity index (χ2v) is 8.89. The Morgan fingerprint density at radius 2 is 1.50 bits per heavy atom. The van der Waals surface area contributed by atoms with Gasteiger partial charge in [0.2, 0.25) is 0 Å². The van der Waals surface area contributed by atoms with Gasteiger partial charge in [-0.25, -0.2) is 0 Å². The number of benzene rings is 2. The zero-order chi connectivity index (χ0) is 19.7. The van der Waals surface area contributed by atoms with Gasteiger partial charge >= 0.3 is 0 Å². The largest absolute Gasteiger partial charge is 0.507 e. The number of carbonyl (C=O) groups is 1. The molecular weight excluding hydrogens is 324 g/mol. The highest BCUT2D eigenvalue weighted by Crippen LogP contribution is 2.35. The Morgan fingerprint density at radius 3 is 2.00 bits per heavy atom. The van der Waals surface area contributed by atoms with E-state index < -0.39 is 0 Å². The number of phenolic OH excluding ortho intramolecular Hbond substituents is 1. The van der Waals surface area contributed by atoms with Crippen molar-refractivity contribution in [1.29, 1.82) is 0 Å². The lowest BCUT2D eigenvalue weighted by atomic mass is 9.78. The molecule has 0 aliphatic heterocycles. The second kappa shape index (κ2) is 7.14. The fourth-order valence-corrected chi connectivity index (χ4v) is 3.37. The van der Waals surface area contributed by atoms with Crippen LogP contribution in [-0.4, -0.2) is 18.5 Å². The third-order valence-electron chi connectivity index (χ3n) is 4.69. The van der Waals surface area contributed by atoms with Crippen LogP contribution in [0.5, 0.6) is 11.5 Å². The molecule has 140 valence electrons. The molecule has 0 saturated heterocycles. The van der Waals surface area contributed by atoms with Crippen LogP contribution in [-0.2, 0) is 17.3 Å². The first-order valence-electron chi connectivity index (χ1n) is 8.96. The standard InChI is InChI=1S/C23H30O3/c1-22(2,3)19-9-8-18(26-7)11-15(19)10-16-13-21(25)17(14-24)12-20(16)23(4,5)6/h8-9,11-14,25H,10H2,1-7H3. The van der Waals surface area contributed by atoms with E-state index in [1.807, 2.05) is 12.1 Å². The van der Waals surface area contributed by atoms with Crippen molar-refractivity contribution in [3.63, 3.8) is 0 Å². The first-order chi connectivity index (χ1) is 12.0. The molecule has 0 atom stereocenters. The van der Waals surface area contributed by atoms with Gasteiger partial charge in [0.05, 0.1) is 12.7 Å². The van der Waals surface area contributed by atoms with Gasteiger partial charge in [0.15, 0.2) is 6.29 Å². The second-order valence-electron chi connectivity index (χ2n) is 8.89. The van der Waals surface area contributed by atoms with Crippen LogP contribution in [0.4, 0.5) is 0 Å². The van der Waals surface area contributed by atoms with Crippen molar-refractivity contribution in [2.24, 2.45) is 0 Å². The minimum Gasteiger partial charge on any atom is -0.507 e. The highest BCUT2D eigenvalue weighted by atomic mass is 16.5. The summed E-state index contributed by atoms with van der Waals surface area (Å²) in [6.45, 7) is 12.9. The predicted molar refractivity (Wildman–Crippen MR) is 107 cm³/mol. The molecule has 0 amide bonds. The van der Waals surface area contributed by atoms with E-state index in [0.717, 1.165) is 16.9 Å².